The third kappa shape index (κ3) is 2.93. The number of amidine groups is 1. The Kier molecular flexibility index (Phi) is 4.18. The number of esters is 1. The summed E-state index contributed by atoms with van der Waals surface area (Å²) in [5.41, 5.74) is 0.646. The fourth-order valence-corrected chi connectivity index (χ4v) is 1.81. The molecule has 0 radical (unpaired) electrons. The first-order valence-electron chi connectivity index (χ1n) is 6.18. The van der Waals surface area contributed by atoms with Crippen LogP contribution in [0, 0.1) is 0 Å². The third-order valence-electron chi connectivity index (χ3n) is 2.67. The highest BCUT2D eigenvalue weighted by atomic mass is 16.5. The number of nitrogens with zero attached hydrogens (tertiary/aromatic N) is 1. The lowest BCUT2D eigenvalue weighted by atomic mass is 10.1. The minimum absolute atomic E-state index is 0.0885. The van der Waals surface area contributed by atoms with Crippen molar-refractivity contribution in [3.8, 4) is 0 Å². The van der Waals surface area contributed by atoms with Crippen molar-refractivity contribution in [1.29, 1.82) is 0 Å². The maximum Gasteiger partial charge on any atom is 0.345 e. The van der Waals surface area contributed by atoms with Gasteiger partial charge in [0.15, 0.2) is 0 Å². The number of aliphatic hydroxyl groups is 1. The molecule has 5 nitrogen and oxygen atoms in total. The third-order valence-corrected chi connectivity index (χ3v) is 2.67. The van der Waals surface area contributed by atoms with Crippen molar-refractivity contribution >= 4 is 17.6 Å². The van der Waals surface area contributed by atoms with E-state index in [0.29, 0.717) is 24.5 Å². The molecule has 100 valence electrons. The Labute approximate surface area is 111 Å². The van der Waals surface area contributed by atoms with Crippen LogP contribution in [0.3, 0.4) is 0 Å². The number of carbonyl (C=O) groups is 1. The molecule has 0 amide bonds. The van der Waals surface area contributed by atoms with Crippen molar-refractivity contribution in [2.75, 3.05) is 19.7 Å². The lowest BCUT2D eigenvalue weighted by molar-refractivity contribution is -0.137. The van der Waals surface area contributed by atoms with Gasteiger partial charge in [0.25, 0.3) is 0 Å². The van der Waals surface area contributed by atoms with Crippen LogP contribution in [0.2, 0.25) is 0 Å². The van der Waals surface area contributed by atoms with E-state index in [4.69, 9.17) is 4.74 Å². The van der Waals surface area contributed by atoms with E-state index in [1.807, 2.05) is 6.07 Å². The van der Waals surface area contributed by atoms with E-state index in [1.165, 1.54) is 0 Å². The Morgan fingerprint density at radius 1 is 1.42 bits per heavy atom. The zero-order chi connectivity index (χ0) is 13.7. The minimum Gasteiger partial charge on any atom is -0.506 e. The first-order valence-corrected chi connectivity index (χ1v) is 6.18. The van der Waals surface area contributed by atoms with Gasteiger partial charge in [0.1, 0.15) is 17.2 Å². The summed E-state index contributed by atoms with van der Waals surface area (Å²) in [5.74, 6) is -0.302. The van der Waals surface area contributed by atoms with Crippen LogP contribution < -0.4 is 5.32 Å². The van der Waals surface area contributed by atoms with Gasteiger partial charge in [0, 0.05) is 12.1 Å². The summed E-state index contributed by atoms with van der Waals surface area (Å²) >= 11 is 0. The smallest absolute Gasteiger partial charge is 0.345 e. The van der Waals surface area contributed by atoms with Gasteiger partial charge in [-0.2, -0.15) is 0 Å². The Hall–Kier alpha value is -2.30. The molecule has 1 aromatic rings. The van der Waals surface area contributed by atoms with Crippen LogP contribution in [0.1, 0.15) is 12.5 Å². The summed E-state index contributed by atoms with van der Waals surface area (Å²) < 4.78 is 4.98. The molecule has 0 aromatic heterocycles. The monoisotopic (exact) mass is 260 g/mol. The minimum atomic E-state index is -0.572. The van der Waals surface area contributed by atoms with Gasteiger partial charge in [-0.1, -0.05) is 30.3 Å². The van der Waals surface area contributed by atoms with Gasteiger partial charge >= 0.3 is 5.97 Å². The number of aliphatic imine (C=N–C) groups is 1. The van der Waals surface area contributed by atoms with Crippen LogP contribution in [0.4, 0.5) is 0 Å². The number of benzene rings is 1. The van der Waals surface area contributed by atoms with E-state index in [2.05, 4.69) is 10.3 Å². The largest absolute Gasteiger partial charge is 0.506 e. The Bertz CT molecular complexity index is 521. The molecule has 0 bridgehead atoms. The van der Waals surface area contributed by atoms with Crippen molar-refractivity contribution in [3.63, 3.8) is 0 Å². The summed E-state index contributed by atoms with van der Waals surface area (Å²) in [7, 11) is 0. The molecular weight excluding hydrogens is 244 g/mol. The zero-order valence-corrected chi connectivity index (χ0v) is 10.7. The predicted octanol–water partition coefficient (Wildman–Crippen LogP) is 1.52. The molecule has 0 aliphatic carbocycles. The van der Waals surface area contributed by atoms with Gasteiger partial charge in [-0.15, -0.1) is 0 Å². The van der Waals surface area contributed by atoms with Gasteiger partial charge < -0.3 is 15.2 Å². The summed E-state index contributed by atoms with van der Waals surface area (Å²) in [6.07, 6.45) is 0. The van der Waals surface area contributed by atoms with Crippen molar-refractivity contribution in [3.05, 3.63) is 41.5 Å². The molecular formula is C14H16N2O3. The zero-order valence-electron chi connectivity index (χ0n) is 10.7. The second-order valence-corrected chi connectivity index (χ2v) is 3.97. The molecule has 1 aliphatic rings. The van der Waals surface area contributed by atoms with Crippen LogP contribution >= 0.6 is 0 Å². The average molecular weight is 260 g/mol. The maximum atomic E-state index is 12.0. The Morgan fingerprint density at radius 2 is 2.16 bits per heavy atom. The molecule has 2 N–H and O–H groups in total. The molecule has 19 heavy (non-hydrogen) atoms. The lowest BCUT2D eigenvalue weighted by Crippen LogP contribution is -2.27. The normalized spacial score (nSPS) is 15.3. The number of carbonyl (C=O) groups excluding carboxylic acids is 1. The molecule has 2 rings (SSSR count). The van der Waals surface area contributed by atoms with Crippen LogP contribution in [0.15, 0.2) is 40.9 Å². The molecule has 1 aliphatic heterocycles. The molecule has 5 heteroatoms. The van der Waals surface area contributed by atoms with E-state index >= 15 is 0 Å². The molecule has 0 saturated carbocycles. The quantitative estimate of drug-likeness (QED) is 0.489. The summed E-state index contributed by atoms with van der Waals surface area (Å²) in [5, 5.41) is 13.3. The molecule has 1 heterocycles. The highest BCUT2D eigenvalue weighted by Gasteiger charge is 2.25. The van der Waals surface area contributed by atoms with Crippen molar-refractivity contribution in [1.82, 2.24) is 5.32 Å². The van der Waals surface area contributed by atoms with Crippen LogP contribution in [-0.4, -0.2) is 36.6 Å². The van der Waals surface area contributed by atoms with E-state index in [1.54, 1.807) is 31.2 Å². The van der Waals surface area contributed by atoms with Gasteiger partial charge in [0.2, 0.25) is 0 Å². The van der Waals surface area contributed by atoms with Gasteiger partial charge in [-0.05, 0) is 6.92 Å². The van der Waals surface area contributed by atoms with Crippen molar-refractivity contribution in [2.24, 2.45) is 4.99 Å². The summed E-state index contributed by atoms with van der Waals surface area (Å²) in [6.45, 7) is 3.21. The number of ether oxygens (including phenoxy) is 1. The molecule has 0 fully saturated rings. The molecule has 0 atom stereocenters. The van der Waals surface area contributed by atoms with Crippen LogP contribution in [-0.2, 0) is 9.53 Å². The van der Waals surface area contributed by atoms with Gasteiger partial charge in [0.05, 0.1) is 13.2 Å². The van der Waals surface area contributed by atoms with E-state index in [-0.39, 0.29) is 17.9 Å². The van der Waals surface area contributed by atoms with Crippen LogP contribution in [0.25, 0.3) is 5.76 Å². The Balaban J connectivity index is 2.44. The fourth-order valence-electron chi connectivity index (χ4n) is 1.81. The molecule has 0 unspecified atom stereocenters. The van der Waals surface area contributed by atoms with Crippen LogP contribution in [0.5, 0.6) is 0 Å². The lowest BCUT2D eigenvalue weighted by Gasteiger charge is -2.10. The first kappa shape index (κ1) is 13.1. The molecule has 0 spiro atoms. The number of hydrogen-bond donors (Lipinski definition) is 2. The van der Waals surface area contributed by atoms with Gasteiger partial charge in [-0.25, -0.2) is 4.79 Å². The van der Waals surface area contributed by atoms with E-state index in [9.17, 15) is 9.90 Å². The average Bonchev–Trinajstić information content (AvgIpc) is 2.94. The molecule has 1 aromatic carbocycles. The highest BCUT2D eigenvalue weighted by molar-refractivity contribution is 6.23. The number of hydrogen-bond acceptors (Lipinski definition) is 5. The van der Waals surface area contributed by atoms with E-state index < -0.39 is 5.97 Å². The SMILES string of the molecule is CCOC(=O)C(C1=NCCN1)=C(O)c1ccccc1. The second-order valence-electron chi connectivity index (χ2n) is 3.97. The maximum absolute atomic E-state index is 12.0. The summed E-state index contributed by atoms with van der Waals surface area (Å²) in [4.78, 5) is 16.2. The topological polar surface area (TPSA) is 70.9 Å². The van der Waals surface area contributed by atoms with Gasteiger partial charge in [-0.3, -0.25) is 4.99 Å². The number of aliphatic hydroxyl groups excluding tert-OH is 1. The number of nitrogens with one attached hydrogen (secondary N) is 1. The van der Waals surface area contributed by atoms with Crippen molar-refractivity contribution in [2.45, 2.75) is 6.92 Å². The predicted molar refractivity (Wildman–Crippen MR) is 72.9 cm³/mol. The fraction of sp³-hybridized carbons (Fsp3) is 0.286. The van der Waals surface area contributed by atoms with Crippen molar-refractivity contribution < 1.29 is 14.6 Å². The second kappa shape index (κ2) is 6.04. The molecule has 0 saturated heterocycles. The first-order chi connectivity index (χ1) is 9.24. The number of rotatable bonds is 4. The summed E-state index contributed by atoms with van der Waals surface area (Å²) in [6, 6.07) is 8.87. The Morgan fingerprint density at radius 3 is 2.74 bits per heavy atom. The van der Waals surface area contributed by atoms with E-state index in [0.717, 1.165) is 0 Å². The standard InChI is InChI=1S/C14H16N2O3/c1-2-19-14(18)11(13-15-8-9-16-13)12(17)10-6-4-3-5-7-10/h3-7,17H,2,8-9H2,1H3,(H,15,16). The highest BCUT2D eigenvalue weighted by Crippen LogP contribution is 2.18.